The molecule has 0 aliphatic rings. The normalized spacial score (nSPS) is 10.5. The molecule has 0 bridgehead atoms. The van der Waals surface area contributed by atoms with Gasteiger partial charge in [-0.1, -0.05) is 11.8 Å². The molecule has 0 saturated heterocycles. The highest BCUT2D eigenvalue weighted by Crippen LogP contribution is 2.27. The number of nitrogens with zero attached hydrogens (tertiary/aromatic N) is 2. The Labute approximate surface area is 103 Å². The summed E-state index contributed by atoms with van der Waals surface area (Å²) in [5, 5.41) is 3.94. The lowest BCUT2D eigenvalue weighted by molar-refractivity contribution is -0.109. The SMILES string of the molecule is CC(=O)Sc1ccc(-c2ccnn2C)c(F)c1. The number of rotatable bonds is 2. The summed E-state index contributed by atoms with van der Waals surface area (Å²) in [6, 6.07) is 6.51. The molecule has 2 rings (SSSR count). The Hall–Kier alpha value is -1.62. The van der Waals surface area contributed by atoms with E-state index in [2.05, 4.69) is 5.10 Å². The van der Waals surface area contributed by atoms with Gasteiger partial charge in [-0.05, 0) is 24.3 Å². The Bertz CT molecular complexity index is 565. The molecule has 1 aromatic heterocycles. The van der Waals surface area contributed by atoms with E-state index in [1.165, 1.54) is 13.0 Å². The van der Waals surface area contributed by atoms with E-state index >= 15 is 0 Å². The van der Waals surface area contributed by atoms with Crippen LogP contribution in [-0.4, -0.2) is 14.9 Å². The second-order valence-electron chi connectivity index (χ2n) is 3.58. The average Bonchev–Trinajstić information content (AvgIpc) is 2.64. The topological polar surface area (TPSA) is 34.9 Å². The Morgan fingerprint density at radius 2 is 2.18 bits per heavy atom. The Kier molecular flexibility index (Phi) is 3.28. The van der Waals surface area contributed by atoms with E-state index in [0.717, 1.165) is 11.8 Å². The van der Waals surface area contributed by atoms with Crippen molar-refractivity contribution in [2.75, 3.05) is 0 Å². The van der Waals surface area contributed by atoms with Crippen molar-refractivity contribution in [1.82, 2.24) is 9.78 Å². The number of hydrogen-bond acceptors (Lipinski definition) is 3. The van der Waals surface area contributed by atoms with E-state index in [4.69, 9.17) is 0 Å². The van der Waals surface area contributed by atoms with E-state index in [-0.39, 0.29) is 10.9 Å². The van der Waals surface area contributed by atoms with Gasteiger partial charge in [0.05, 0.1) is 5.69 Å². The molecule has 0 aliphatic heterocycles. The van der Waals surface area contributed by atoms with E-state index in [9.17, 15) is 9.18 Å². The number of thioether (sulfide) groups is 1. The standard InChI is InChI=1S/C12H11FN2OS/c1-8(16)17-9-3-4-10(11(13)7-9)12-5-6-14-15(12)2/h3-7H,1-2H3. The third-order valence-electron chi connectivity index (χ3n) is 2.30. The molecule has 0 radical (unpaired) electrons. The predicted octanol–water partition coefficient (Wildman–Crippen LogP) is 2.86. The first-order valence-electron chi connectivity index (χ1n) is 5.04. The molecule has 0 spiro atoms. The molecule has 1 heterocycles. The van der Waals surface area contributed by atoms with E-state index in [0.29, 0.717) is 16.2 Å². The fourth-order valence-electron chi connectivity index (χ4n) is 1.57. The van der Waals surface area contributed by atoms with Crippen LogP contribution < -0.4 is 0 Å². The van der Waals surface area contributed by atoms with Crippen LogP contribution in [0.4, 0.5) is 4.39 Å². The molecule has 3 nitrogen and oxygen atoms in total. The molecular weight excluding hydrogens is 239 g/mol. The lowest BCUT2D eigenvalue weighted by Gasteiger charge is -2.05. The van der Waals surface area contributed by atoms with E-state index in [1.54, 1.807) is 36.1 Å². The molecule has 0 unspecified atom stereocenters. The summed E-state index contributed by atoms with van der Waals surface area (Å²) in [5.74, 6) is -0.347. The number of carbonyl (C=O) groups excluding carboxylic acids is 1. The third-order valence-corrected chi connectivity index (χ3v) is 3.08. The van der Waals surface area contributed by atoms with Crippen LogP contribution in [0.2, 0.25) is 0 Å². The van der Waals surface area contributed by atoms with E-state index < -0.39 is 0 Å². The summed E-state index contributed by atoms with van der Waals surface area (Å²) >= 11 is 1.02. The zero-order valence-corrected chi connectivity index (χ0v) is 10.3. The minimum Gasteiger partial charge on any atom is -0.287 e. The van der Waals surface area contributed by atoms with Crippen molar-refractivity contribution in [1.29, 1.82) is 0 Å². The highest BCUT2D eigenvalue weighted by atomic mass is 32.2. The smallest absolute Gasteiger partial charge is 0.190 e. The zero-order valence-electron chi connectivity index (χ0n) is 9.48. The summed E-state index contributed by atoms with van der Waals surface area (Å²) in [6.45, 7) is 1.46. The number of carbonyl (C=O) groups is 1. The molecule has 0 aliphatic carbocycles. The van der Waals surface area contributed by atoms with Crippen LogP contribution in [0.5, 0.6) is 0 Å². The number of halogens is 1. The van der Waals surface area contributed by atoms with Gasteiger partial charge in [-0.3, -0.25) is 9.48 Å². The predicted molar refractivity (Wildman–Crippen MR) is 65.1 cm³/mol. The fraction of sp³-hybridized carbons (Fsp3) is 0.167. The van der Waals surface area contributed by atoms with Gasteiger partial charge in [-0.15, -0.1) is 0 Å². The Morgan fingerprint density at radius 1 is 1.41 bits per heavy atom. The number of aryl methyl sites for hydroxylation is 1. The highest BCUT2D eigenvalue weighted by Gasteiger charge is 2.10. The van der Waals surface area contributed by atoms with Crippen LogP contribution in [0.3, 0.4) is 0 Å². The molecule has 17 heavy (non-hydrogen) atoms. The first-order valence-corrected chi connectivity index (χ1v) is 5.86. The molecule has 88 valence electrons. The molecule has 2 aromatic rings. The minimum absolute atomic E-state index is 0.0577. The summed E-state index contributed by atoms with van der Waals surface area (Å²) in [4.78, 5) is 11.5. The number of aromatic nitrogens is 2. The number of hydrogen-bond donors (Lipinski definition) is 0. The van der Waals surface area contributed by atoms with E-state index in [1.807, 2.05) is 0 Å². The second-order valence-corrected chi connectivity index (χ2v) is 4.83. The lowest BCUT2D eigenvalue weighted by Crippen LogP contribution is -1.95. The van der Waals surface area contributed by atoms with Crippen LogP contribution >= 0.6 is 11.8 Å². The van der Waals surface area contributed by atoms with Crippen LogP contribution in [0.25, 0.3) is 11.3 Å². The second kappa shape index (κ2) is 4.71. The van der Waals surface area contributed by atoms with Gasteiger partial charge in [-0.25, -0.2) is 4.39 Å². The van der Waals surface area contributed by atoms with Gasteiger partial charge in [0.15, 0.2) is 5.12 Å². The van der Waals surface area contributed by atoms with Crippen LogP contribution in [0, 0.1) is 5.82 Å². The van der Waals surface area contributed by atoms with Crippen molar-refractivity contribution in [2.24, 2.45) is 7.05 Å². The summed E-state index contributed by atoms with van der Waals surface area (Å²) in [7, 11) is 1.76. The zero-order chi connectivity index (χ0) is 12.4. The lowest BCUT2D eigenvalue weighted by atomic mass is 10.1. The minimum atomic E-state index is -0.347. The Balaban J connectivity index is 2.39. The molecule has 0 fully saturated rings. The van der Waals surface area contributed by atoms with Crippen molar-refractivity contribution >= 4 is 16.9 Å². The molecular formula is C12H11FN2OS. The van der Waals surface area contributed by atoms with Crippen molar-refractivity contribution in [3.8, 4) is 11.3 Å². The third kappa shape index (κ3) is 2.55. The Morgan fingerprint density at radius 3 is 2.71 bits per heavy atom. The molecule has 0 amide bonds. The van der Waals surface area contributed by atoms with Gasteiger partial charge in [0.2, 0.25) is 0 Å². The summed E-state index contributed by atoms with van der Waals surface area (Å²) in [5.41, 5.74) is 1.19. The monoisotopic (exact) mass is 250 g/mol. The highest BCUT2D eigenvalue weighted by molar-refractivity contribution is 8.13. The van der Waals surface area contributed by atoms with Crippen molar-refractivity contribution in [2.45, 2.75) is 11.8 Å². The molecule has 0 N–H and O–H groups in total. The quantitative estimate of drug-likeness (QED) is 0.769. The van der Waals surface area contributed by atoms with Gasteiger partial charge < -0.3 is 0 Å². The number of benzene rings is 1. The molecule has 5 heteroatoms. The molecule has 0 atom stereocenters. The summed E-state index contributed by atoms with van der Waals surface area (Å²) < 4.78 is 15.5. The maximum atomic E-state index is 13.9. The largest absolute Gasteiger partial charge is 0.287 e. The van der Waals surface area contributed by atoms with Crippen molar-refractivity contribution < 1.29 is 9.18 Å². The first kappa shape index (κ1) is 11.9. The van der Waals surface area contributed by atoms with Gasteiger partial charge >= 0.3 is 0 Å². The van der Waals surface area contributed by atoms with Crippen LogP contribution in [0.1, 0.15) is 6.92 Å². The maximum absolute atomic E-state index is 13.9. The first-order chi connectivity index (χ1) is 8.08. The summed E-state index contributed by atoms with van der Waals surface area (Å²) in [6.07, 6.45) is 1.62. The van der Waals surface area contributed by atoms with Crippen LogP contribution in [-0.2, 0) is 11.8 Å². The fourth-order valence-corrected chi connectivity index (χ4v) is 2.20. The van der Waals surface area contributed by atoms with Crippen molar-refractivity contribution in [3.63, 3.8) is 0 Å². The van der Waals surface area contributed by atoms with Gasteiger partial charge in [0, 0.05) is 30.6 Å². The average molecular weight is 250 g/mol. The van der Waals surface area contributed by atoms with Gasteiger partial charge in [0.1, 0.15) is 5.82 Å². The molecule has 0 saturated carbocycles. The molecule has 1 aromatic carbocycles. The van der Waals surface area contributed by atoms with Gasteiger partial charge in [0.25, 0.3) is 0 Å². The van der Waals surface area contributed by atoms with Gasteiger partial charge in [-0.2, -0.15) is 5.10 Å². The maximum Gasteiger partial charge on any atom is 0.190 e. The van der Waals surface area contributed by atoms with Crippen LogP contribution in [0.15, 0.2) is 35.4 Å². The van der Waals surface area contributed by atoms with Crippen molar-refractivity contribution in [3.05, 3.63) is 36.3 Å².